The van der Waals surface area contributed by atoms with Crippen molar-refractivity contribution in [2.75, 3.05) is 10.8 Å². The Hall–Kier alpha value is -4.43. The number of carbonyl (C=O) groups excluding carboxylic acids is 2. The molecule has 0 bridgehead atoms. The summed E-state index contributed by atoms with van der Waals surface area (Å²) in [6.45, 7) is 9.33. The predicted molar refractivity (Wildman–Crippen MR) is 180 cm³/mol. The Labute approximate surface area is 268 Å². The van der Waals surface area contributed by atoms with Crippen molar-refractivity contribution in [3.05, 3.63) is 131 Å². The van der Waals surface area contributed by atoms with Crippen LogP contribution < -0.4 is 9.62 Å². The molecule has 0 heterocycles. The van der Waals surface area contributed by atoms with E-state index in [2.05, 4.69) is 5.32 Å². The van der Waals surface area contributed by atoms with Crippen molar-refractivity contribution in [3.63, 3.8) is 0 Å². The molecular weight excluding hydrogens is 582 g/mol. The van der Waals surface area contributed by atoms with E-state index in [4.69, 9.17) is 0 Å². The van der Waals surface area contributed by atoms with Gasteiger partial charge in [-0.25, -0.2) is 8.42 Å². The number of hydrogen-bond donors (Lipinski definition) is 1. The van der Waals surface area contributed by atoms with Crippen LogP contribution in [0.25, 0.3) is 0 Å². The summed E-state index contributed by atoms with van der Waals surface area (Å²) >= 11 is 0. The fourth-order valence-electron chi connectivity index (χ4n) is 5.20. The highest BCUT2D eigenvalue weighted by atomic mass is 32.2. The molecule has 2 atom stereocenters. The largest absolute Gasteiger partial charge is 0.352 e. The molecule has 0 fully saturated rings. The van der Waals surface area contributed by atoms with E-state index in [-0.39, 0.29) is 29.8 Å². The smallest absolute Gasteiger partial charge is 0.264 e. The van der Waals surface area contributed by atoms with Crippen molar-refractivity contribution in [1.29, 1.82) is 0 Å². The first-order valence-electron chi connectivity index (χ1n) is 15.3. The van der Waals surface area contributed by atoms with Crippen molar-refractivity contribution in [3.8, 4) is 0 Å². The van der Waals surface area contributed by atoms with Gasteiger partial charge >= 0.3 is 0 Å². The summed E-state index contributed by atoms with van der Waals surface area (Å²) in [4.78, 5) is 30.1. The van der Waals surface area contributed by atoms with Crippen LogP contribution in [-0.2, 0) is 32.6 Å². The molecule has 4 aromatic carbocycles. The number of nitrogens with zero attached hydrogens (tertiary/aromatic N) is 2. The Morgan fingerprint density at radius 2 is 1.38 bits per heavy atom. The van der Waals surface area contributed by atoms with Crippen LogP contribution in [0, 0.1) is 20.8 Å². The van der Waals surface area contributed by atoms with Gasteiger partial charge in [0.1, 0.15) is 12.6 Å². The number of sulfonamides is 1. The molecule has 4 rings (SSSR count). The monoisotopic (exact) mass is 625 g/mol. The summed E-state index contributed by atoms with van der Waals surface area (Å²) in [5, 5.41) is 3.07. The molecule has 0 aliphatic rings. The third-order valence-corrected chi connectivity index (χ3v) is 9.75. The lowest BCUT2D eigenvalue weighted by atomic mass is 10.0. The van der Waals surface area contributed by atoms with Gasteiger partial charge < -0.3 is 10.2 Å². The van der Waals surface area contributed by atoms with E-state index in [1.54, 1.807) is 24.3 Å². The SMILES string of the molecule is CC[C@@H](C)NC(=O)[C@H](Cc1ccccc1)N(Cc1ccc(C)cc1)C(=O)CN(c1ccc(C)cc1C)S(=O)(=O)c1ccccc1. The lowest BCUT2D eigenvalue weighted by Crippen LogP contribution is -2.54. The van der Waals surface area contributed by atoms with E-state index in [0.29, 0.717) is 5.69 Å². The number of nitrogens with one attached hydrogen (secondary N) is 1. The van der Waals surface area contributed by atoms with Crippen LogP contribution in [0.2, 0.25) is 0 Å². The van der Waals surface area contributed by atoms with Crippen LogP contribution in [-0.4, -0.2) is 43.8 Å². The molecule has 0 spiro atoms. The summed E-state index contributed by atoms with van der Waals surface area (Å²) in [6, 6.07) is 30.0. The third kappa shape index (κ3) is 8.60. The molecule has 4 aromatic rings. The highest BCUT2D eigenvalue weighted by molar-refractivity contribution is 7.92. The molecule has 0 unspecified atom stereocenters. The first-order chi connectivity index (χ1) is 21.5. The normalized spacial score (nSPS) is 12.6. The predicted octanol–water partition coefficient (Wildman–Crippen LogP) is 6.36. The standard InChI is InChI=1S/C37H43N3O4S/c1-6-30(5)38-37(42)35(24-31-13-9-7-10-14-31)39(25-32-20-17-27(2)18-21-32)36(41)26-40(34-22-19-28(3)23-29(34)4)45(43,44)33-15-11-8-12-16-33/h7-23,30,35H,6,24-26H2,1-5H3,(H,38,42)/t30-,35+/m1/s1. The molecular formula is C37H43N3O4S. The third-order valence-electron chi connectivity index (χ3n) is 7.98. The van der Waals surface area contributed by atoms with Crippen molar-refractivity contribution < 1.29 is 18.0 Å². The van der Waals surface area contributed by atoms with Crippen LogP contribution in [0.1, 0.15) is 48.1 Å². The minimum Gasteiger partial charge on any atom is -0.352 e. The summed E-state index contributed by atoms with van der Waals surface area (Å²) in [5.41, 5.74) is 4.92. The van der Waals surface area contributed by atoms with Gasteiger partial charge in [0.05, 0.1) is 10.6 Å². The van der Waals surface area contributed by atoms with Gasteiger partial charge in [-0.1, -0.05) is 103 Å². The number of amides is 2. The molecule has 1 N–H and O–H groups in total. The molecule has 2 amide bonds. The topological polar surface area (TPSA) is 86.8 Å². The molecule has 0 saturated heterocycles. The number of rotatable bonds is 13. The fraction of sp³-hybridized carbons (Fsp3) is 0.297. The summed E-state index contributed by atoms with van der Waals surface area (Å²) in [6.07, 6.45) is 1.00. The summed E-state index contributed by atoms with van der Waals surface area (Å²) in [5.74, 6) is -0.757. The number of anilines is 1. The van der Waals surface area contributed by atoms with Gasteiger partial charge in [0.2, 0.25) is 11.8 Å². The lowest BCUT2D eigenvalue weighted by Gasteiger charge is -2.34. The summed E-state index contributed by atoms with van der Waals surface area (Å²) < 4.78 is 29.5. The number of aryl methyl sites for hydroxylation is 3. The molecule has 8 heteroatoms. The average molecular weight is 626 g/mol. The van der Waals surface area contributed by atoms with Crippen LogP contribution >= 0.6 is 0 Å². The second kappa shape index (κ2) is 15.0. The van der Waals surface area contributed by atoms with Crippen LogP contribution in [0.4, 0.5) is 5.69 Å². The van der Waals surface area contributed by atoms with E-state index in [1.165, 1.54) is 21.3 Å². The molecule has 0 aliphatic heterocycles. The van der Waals surface area contributed by atoms with E-state index < -0.39 is 28.5 Å². The second-order valence-corrected chi connectivity index (χ2v) is 13.5. The van der Waals surface area contributed by atoms with Gasteiger partial charge in [-0.15, -0.1) is 0 Å². The zero-order valence-electron chi connectivity index (χ0n) is 26.7. The molecule has 7 nitrogen and oxygen atoms in total. The van der Waals surface area contributed by atoms with E-state index >= 15 is 0 Å². The Morgan fingerprint density at radius 3 is 1.98 bits per heavy atom. The van der Waals surface area contributed by atoms with Gasteiger partial charge in [-0.3, -0.25) is 13.9 Å². The van der Waals surface area contributed by atoms with E-state index in [1.807, 2.05) is 101 Å². The van der Waals surface area contributed by atoms with Gasteiger partial charge in [0, 0.05) is 19.0 Å². The van der Waals surface area contributed by atoms with Crippen molar-refractivity contribution in [1.82, 2.24) is 10.2 Å². The maximum Gasteiger partial charge on any atom is 0.264 e. The molecule has 0 radical (unpaired) electrons. The number of hydrogen-bond acceptors (Lipinski definition) is 4. The number of benzene rings is 4. The van der Waals surface area contributed by atoms with E-state index in [9.17, 15) is 18.0 Å². The maximum atomic E-state index is 14.6. The fourth-order valence-corrected chi connectivity index (χ4v) is 6.70. The first-order valence-corrected chi connectivity index (χ1v) is 16.8. The van der Waals surface area contributed by atoms with E-state index in [0.717, 1.165) is 34.2 Å². The Morgan fingerprint density at radius 1 is 0.778 bits per heavy atom. The molecule has 0 saturated carbocycles. The quantitative estimate of drug-likeness (QED) is 0.187. The minimum absolute atomic E-state index is 0.0817. The zero-order chi connectivity index (χ0) is 32.6. The Bertz CT molecular complexity index is 1690. The van der Waals surface area contributed by atoms with Crippen molar-refractivity contribution >= 4 is 27.5 Å². The summed E-state index contributed by atoms with van der Waals surface area (Å²) in [7, 11) is -4.14. The zero-order valence-corrected chi connectivity index (χ0v) is 27.6. The maximum absolute atomic E-state index is 14.6. The van der Waals surface area contributed by atoms with Gasteiger partial charge in [-0.05, 0) is 69.0 Å². The first kappa shape index (κ1) is 33.5. The van der Waals surface area contributed by atoms with Crippen LogP contribution in [0.3, 0.4) is 0 Å². The lowest BCUT2D eigenvalue weighted by molar-refractivity contribution is -0.140. The van der Waals surface area contributed by atoms with Gasteiger partial charge in [0.15, 0.2) is 0 Å². The van der Waals surface area contributed by atoms with Gasteiger partial charge in [-0.2, -0.15) is 0 Å². The highest BCUT2D eigenvalue weighted by Crippen LogP contribution is 2.28. The van der Waals surface area contributed by atoms with Gasteiger partial charge in [0.25, 0.3) is 10.0 Å². The Balaban J connectivity index is 1.82. The molecule has 0 aromatic heterocycles. The Kier molecular flexibility index (Phi) is 11.2. The van der Waals surface area contributed by atoms with Crippen molar-refractivity contribution in [2.45, 2.75) is 71.0 Å². The molecule has 236 valence electrons. The highest BCUT2D eigenvalue weighted by Gasteiger charge is 2.35. The van der Waals surface area contributed by atoms with Crippen LogP contribution in [0.15, 0.2) is 108 Å². The number of carbonyl (C=O) groups is 2. The minimum atomic E-state index is -4.14. The van der Waals surface area contributed by atoms with Crippen LogP contribution in [0.5, 0.6) is 0 Å². The molecule has 45 heavy (non-hydrogen) atoms. The second-order valence-electron chi connectivity index (χ2n) is 11.6. The van der Waals surface area contributed by atoms with Crippen molar-refractivity contribution in [2.24, 2.45) is 0 Å². The molecule has 0 aliphatic carbocycles. The average Bonchev–Trinajstić information content (AvgIpc) is 3.03.